The first-order valence-electron chi connectivity index (χ1n) is 37.1. The van der Waals surface area contributed by atoms with Gasteiger partial charge in [0.15, 0.2) is 6.10 Å². The van der Waals surface area contributed by atoms with Crippen molar-refractivity contribution in [2.45, 2.75) is 412 Å². The van der Waals surface area contributed by atoms with Gasteiger partial charge in [-0.3, -0.25) is 14.4 Å². The second-order valence-corrected chi connectivity index (χ2v) is 25.2. The Morgan fingerprint density at radius 2 is 0.446 bits per heavy atom. The number of hydrogen-bond donors (Lipinski definition) is 0. The van der Waals surface area contributed by atoms with E-state index in [1.807, 2.05) is 0 Å². The summed E-state index contributed by atoms with van der Waals surface area (Å²) in [4.78, 5) is 38.4. The van der Waals surface area contributed by atoms with Crippen LogP contribution in [0.2, 0.25) is 0 Å². The van der Waals surface area contributed by atoms with Gasteiger partial charge >= 0.3 is 17.9 Å². The van der Waals surface area contributed by atoms with Gasteiger partial charge in [0.1, 0.15) is 13.2 Å². The van der Waals surface area contributed by atoms with E-state index < -0.39 is 6.10 Å². The van der Waals surface area contributed by atoms with Gasteiger partial charge in [0.2, 0.25) is 0 Å². The third-order valence-electron chi connectivity index (χ3n) is 16.8. The zero-order chi connectivity index (χ0) is 59.9. The van der Waals surface area contributed by atoms with Gasteiger partial charge in [0.25, 0.3) is 0 Å². The molecule has 0 amide bonds. The van der Waals surface area contributed by atoms with Crippen molar-refractivity contribution in [2.24, 2.45) is 0 Å². The maximum Gasteiger partial charge on any atom is 0.306 e. The molecular weight excluding hydrogens is 1020 g/mol. The van der Waals surface area contributed by atoms with Gasteiger partial charge in [-0.05, 0) is 96.3 Å². The van der Waals surface area contributed by atoms with Gasteiger partial charge in [-0.2, -0.15) is 0 Å². The molecule has 6 nitrogen and oxygen atoms in total. The number of carbonyl (C=O) groups excluding carboxylic acids is 3. The molecule has 0 heterocycles. The summed E-state index contributed by atoms with van der Waals surface area (Å²) < 4.78 is 17.0. The molecule has 83 heavy (non-hydrogen) atoms. The fraction of sp³-hybridized carbons (Fsp3) is 0.857. The molecular formula is C77H142O6. The first kappa shape index (κ1) is 80.4. The van der Waals surface area contributed by atoms with Crippen molar-refractivity contribution in [2.75, 3.05) is 13.2 Å². The van der Waals surface area contributed by atoms with Gasteiger partial charge in [-0.15, -0.1) is 0 Å². The van der Waals surface area contributed by atoms with Crippen LogP contribution >= 0.6 is 0 Å². The van der Waals surface area contributed by atoms with Crippen molar-refractivity contribution < 1.29 is 28.6 Å². The van der Waals surface area contributed by atoms with Crippen LogP contribution in [-0.2, 0) is 28.6 Å². The highest BCUT2D eigenvalue weighted by atomic mass is 16.6. The lowest BCUT2D eigenvalue weighted by atomic mass is 10.0. The van der Waals surface area contributed by atoms with E-state index in [1.165, 1.54) is 283 Å². The second-order valence-electron chi connectivity index (χ2n) is 25.2. The van der Waals surface area contributed by atoms with E-state index in [9.17, 15) is 14.4 Å². The van der Waals surface area contributed by atoms with Crippen LogP contribution in [0.1, 0.15) is 406 Å². The average molecular weight is 1160 g/mol. The Hall–Kier alpha value is -2.63. The Kier molecular flexibility index (Phi) is 69.6. The third kappa shape index (κ3) is 70.0. The fourth-order valence-electron chi connectivity index (χ4n) is 11.2. The topological polar surface area (TPSA) is 78.9 Å². The number of esters is 3. The van der Waals surface area contributed by atoms with Crippen molar-refractivity contribution in [1.82, 2.24) is 0 Å². The molecule has 0 aliphatic rings. The van der Waals surface area contributed by atoms with Crippen molar-refractivity contribution in [3.05, 3.63) is 48.6 Å². The smallest absolute Gasteiger partial charge is 0.306 e. The van der Waals surface area contributed by atoms with Crippen LogP contribution in [0.3, 0.4) is 0 Å². The number of ether oxygens (including phenoxy) is 3. The van der Waals surface area contributed by atoms with Gasteiger partial charge in [0.05, 0.1) is 0 Å². The summed E-state index contributed by atoms with van der Waals surface area (Å²) >= 11 is 0. The molecule has 0 saturated heterocycles. The van der Waals surface area contributed by atoms with Gasteiger partial charge in [-0.1, -0.05) is 339 Å². The molecule has 0 rings (SSSR count). The molecule has 0 spiro atoms. The summed E-state index contributed by atoms with van der Waals surface area (Å²) in [5, 5.41) is 0. The zero-order valence-electron chi connectivity index (χ0n) is 56.0. The molecule has 0 fully saturated rings. The molecule has 6 heteroatoms. The van der Waals surface area contributed by atoms with Crippen LogP contribution in [0, 0.1) is 0 Å². The largest absolute Gasteiger partial charge is 0.462 e. The van der Waals surface area contributed by atoms with E-state index in [0.29, 0.717) is 19.3 Å². The van der Waals surface area contributed by atoms with Crippen molar-refractivity contribution >= 4 is 17.9 Å². The highest BCUT2D eigenvalue weighted by molar-refractivity contribution is 5.71. The van der Waals surface area contributed by atoms with E-state index in [0.717, 1.165) is 83.5 Å². The summed E-state index contributed by atoms with van der Waals surface area (Å²) in [6, 6.07) is 0. The van der Waals surface area contributed by atoms with E-state index in [2.05, 4.69) is 69.4 Å². The maximum absolute atomic E-state index is 12.9. The first-order chi connectivity index (χ1) is 41.0. The normalized spacial score (nSPS) is 12.3. The SMILES string of the molecule is CCCC/C=C\C/C=C\CCCCCCCC(=O)OCC(COC(=O)CCCCCCCCCCCCCCCCCCCCCCCCC/C=C\CCCCCCCCCC)OC(=O)CCCCCCC/C=C\CCCCCCCCC. The van der Waals surface area contributed by atoms with Gasteiger partial charge < -0.3 is 14.2 Å². The molecule has 0 aromatic carbocycles. The number of unbranched alkanes of at least 4 members (excludes halogenated alkanes) is 50. The van der Waals surface area contributed by atoms with Crippen LogP contribution in [0.4, 0.5) is 0 Å². The molecule has 0 radical (unpaired) electrons. The molecule has 0 aliphatic carbocycles. The van der Waals surface area contributed by atoms with Crippen LogP contribution in [0.25, 0.3) is 0 Å². The minimum atomic E-state index is -0.783. The van der Waals surface area contributed by atoms with Crippen molar-refractivity contribution in [1.29, 1.82) is 0 Å². The third-order valence-corrected chi connectivity index (χ3v) is 16.8. The van der Waals surface area contributed by atoms with E-state index in [1.54, 1.807) is 0 Å². The number of rotatable bonds is 69. The summed E-state index contributed by atoms with van der Waals surface area (Å²) in [5.74, 6) is -0.876. The fourth-order valence-corrected chi connectivity index (χ4v) is 11.2. The van der Waals surface area contributed by atoms with Crippen molar-refractivity contribution in [3.63, 3.8) is 0 Å². The van der Waals surface area contributed by atoms with Crippen LogP contribution in [0.15, 0.2) is 48.6 Å². The average Bonchev–Trinajstić information content (AvgIpc) is 3.49. The molecule has 0 aromatic rings. The van der Waals surface area contributed by atoms with E-state index in [-0.39, 0.29) is 31.1 Å². The lowest BCUT2D eigenvalue weighted by molar-refractivity contribution is -0.167. The van der Waals surface area contributed by atoms with Gasteiger partial charge in [-0.25, -0.2) is 0 Å². The van der Waals surface area contributed by atoms with Gasteiger partial charge in [0, 0.05) is 19.3 Å². The summed E-state index contributed by atoms with van der Waals surface area (Å²) in [7, 11) is 0. The summed E-state index contributed by atoms with van der Waals surface area (Å²) in [6.07, 6.45) is 91.7. The molecule has 1 atom stereocenters. The summed E-state index contributed by atoms with van der Waals surface area (Å²) in [6.45, 7) is 6.64. The molecule has 0 aromatic heterocycles. The Morgan fingerprint density at radius 1 is 0.241 bits per heavy atom. The molecule has 0 N–H and O–H groups in total. The predicted octanol–water partition coefficient (Wildman–Crippen LogP) is 25.7. The Morgan fingerprint density at radius 3 is 0.711 bits per heavy atom. The van der Waals surface area contributed by atoms with Crippen LogP contribution < -0.4 is 0 Å². The molecule has 0 saturated carbocycles. The minimum absolute atomic E-state index is 0.0769. The molecule has 1 unspecified atom stereocenters. The lowest BCUT2D eigenvalue weighted by Gasteiger charge is -2.18. The standard InChI is InChI=1S/C77H142O6/c1-4-7-10-13-16-19-22-25-28-30-31-32-33-34-35-36-37-38-39-40-41-42-43-44-45-46-47-48-50-52-55-58-61-64-67-70-76(79)82-73-74(72-81-75(78)69-66-63-60-57-54-51-27-24-21-18-15-12-9-6-3)83-77(80)71-68-65-62-59-56-53-49-29-26-23-20-17-14-11-8-5-2/h15,18,24,27,29-31,49,74H,4-14,16-17,19-23,25-26,28,32-48,50-73H2,1-3H3/b18-15-,27-24-,31-30-,49-29-. The minimum Gasteiger partial charge on any atom is -0.462 e. The molecule has 0 aliphatic heterocycles. The molecule has 0 bridgehead atoms. The number of hydrogen-bond acceptors (Lipinski definition) is 6. The van der Waals surface area contributed by atoms with Crippen molar-refractivity contribution in [3.8, 4) is 0 Å². The Balaban J connectivity index is 4.09. The number of carbonyl (C=O) groups is 3. The predicted molar refractivity (Wildman–Crippen MR) is 362 cm³/mol. The lowest BCUT2D eigenvalue weighted by Crippen LogP contribution is -2.30. The second kappa shape index (κ2) is 71.8. The highest BCUT2D eigenvalue weighted by Gasteiger charge is 2.19. The van der Waals surface area contributed by atoms with Crippen LogP contribution in [-0.4, -0.2) is 37.2 Å². The summed E-state index contributed by atoms with van der Waals surface area (Å²) in [5.41, 5.74) is 0. The number of allylic oxidation sites excluding steroid dienone is 8. The highest BCUT2D eigenvalue weighted by Crippen LogP contribution is 2.18. The van der Waals surface area contributed by atoms with E-state index in [4.69, 9.17) is 14.2 Å². The Bertz CT molecular complexity index is 1430. The Labute approximate surface area is 518 Å². The van der Waals surface area contributed by atoms with E-state index >= 15 is 0 Å². The van der Waals surface area contributed by atoms with Crippen LogP contribution in [0.5, 0.6) is 0 Å². The maximum atomic E-state index is 12.9. The first-order valence-corrected chi connectivity index (χ1v) is 37.1. The zero-order valence-corrected chi connectivity index (χ0v) is 56.0. The quantitative estimate of drug-likeness (QED) is 0.0261. The monoisotopic (exact) mass is 1160 g/mol. The molecule has 486 valence electrons.